The van der Waals surface area contributed by atoms with Gasteiger partial charge in [0.05, 0.1) is 22.8 Å². The van der Waals surface area contributed by atoms with E-state index in [1.807, 2.05) is 43.3 Å². The minimum absolute atomic E-state index is 0.0949. The van der Waals surface area contributed by atoms with Gasteiger partial charge in [0, 0.05) is 18.3 Å². The van der Waals surface area contributed by atoms with Gasteiger partial charge in [0.15, 0.2) is 0 Å². The van der Waals surface area contributed by atoms with Gasteiger partial charge in [-0.2, -0.15) is 9.61 Å². The number of carboxylic acid groups (broad SMARTS) is 1. The molecule has 3 aromatic rings. The molecule has 0 saturated heterocycles. The van der Waals surface area contributed by atoms with Crippen molar-refractivity contribution in [1.82, 2.24) is 24.8 Å². The molecule has 1 aromatic carbocycles. The maximum atomic E-state index is 13.3. The van der Waals surface area contributed by atoms with Gasteiger partial charge in [-0.1, -0.05) is 48.9 Å². The van der Waals surface area contributed by atoms with Crippen molar-refractivity contribution in [3.05, 3.63) is 68.9 Å². The fourth-order valence-corrected chi connectivity index (χ4v) is 3.64. The standard InChI is InChI=1S/C21H26ClN5O3/c1-3-16(23-10-7-11-24-20(28)29)17-12-18-19(22)14(2)25-27(18)21(30)26(17)13-15-8-5-4-6-9-15/h4-6,8-9,12,16,23-24H,3,7,10-11,13H2,1-2H3,(H,28,29). The number of hydrogen-bond acceptors (Lipinski definition) is 4. The van der Waals surface area contributed by atoms with E-state index in [0.717, 1.165) is 17.7 Å². The number of aryl methyl sites for hydroxylation is 1. The molecule has 9 heteroatoms. The number of benzene rings is 1. The topological polar surface area (TPSA) is 101 Å². The van der Waals surface area contributed by atoms with Gasteiger partial charge in [-0.05, 0) is 37.9 Å². The lowest BCUT2D eigenvalue weighted by Crippen LogP contribution is -2.35. The second-order valence-corrected chi connectivity index (χ2v) is 7.50. The second kappa shape index (κ2) is 9.77. The predicted molar refractivity (Wildman–Crippen MR) is 116 cm³/mol. The Morgan fingerprint density at radius 1 is 1.27 bits per heavy atom. The first kappa shape index (κ1) is 21.9. The third kappa shape index (κ3) is 4.83. The van der Waals surface area contributed by atoms with Crippen LogP contribution in [0.3, 0.4) is 0 Å². The van der Waals surface area contributed by atoms with Crippen LogP contribution in [0.4, 0.5) is 4.79 Å². The summed E-state index contributed by atoms with van der Waals surface area (Å²) in [6.45, 7) is 5.21. The molecule has 1 unspecified atom stereocenters. The van der Waals surface area contributed by atoms with Crippen LogP contribution in [0, 0.1) is 6.92 Å². The van der Waals surface area contributed by atoms with E-state index >= 15 is 0 Å². The van der Waals surface area contributed by atoms with Crippen LogP contribution < -0.4 is 16.3 Å². The quantitative estimate of drug-likeness (QED) is 0.452. The molecule has 2 heterocycles. The minimum Gasteiger partial charge on any atom is -0.465 e. The third-order valence-electron chi connectivity index (χ3n) is 5.00. The highest BCUT2D eigenvalue weighted by Gasteiger charge is 2.20. The average Bonchev–Trinajstić information content (AvgIpc) is 3.02. The molecule has 0 fully saturated rings. The van der Waals surface area contributed by atoms with Crippen molar-refractivity contribution in [2.24, 2.45) is 0 Å². The fourth-order valence-electron chi connectivity index (χ4n) is 3.47. The number of rotatable bonds is 9. The van der Waals surface area contributed by atoms with Gasteiger partial charge < -0.3 is 15.7 Å². The Hall–Kier alpha value is -2.84. The van der Waals surface area contributed by atoms with Crippen LogP contribution in [-0.4, -0.2) is 38.5 Å². The number of aromatic nitrogens is 3. The maximum absolute atomic E-state index is 13.3. The second-order valence-electron chi connectivity index (χ2n) is 7.12. The number of amides is 1. The zero-order chi connectivity index (χ0) is 21.7. The van der Waals surface area contributed by atoms with Crippen molar-refractivity contribution in [2.45, 2.75) is 39.3 Å². The maximum Gasteiger partial charge on any atom is 0.404 e. The number of carbonyl (C=O) groups is 1. The largest absolute Gasteiger partial charge is 0.465 e. The zero-order valence-electron chi connectivity index (χ0n) is 17.1. The van der Waals surface area contributed by atoms with Crippen LogP contribution in [0.5, 0.6) is 0 Å². The molecule has 1 atom stereocenters. The van der Waals surface area contributed by atoms with Gasteiger partial charge >= 0.3 is 11.8 Å². The SMILES string of the molecule is CCC(NCCCNC(=O)O)c1cc2c(Cl)c(C)nn2c(=O)n1Cc1ccccc1. The summed E-state index contributed by atoms with van der Waals surface area (Å²) in [5, 5.41) is 19.3. The Morgan fingerprint density at radius 3 is 2.67 bits per heavy atom. The monoisotopic (exact) mass is 431 g/mol. The van der Waals surface area contributed by atoms with Gasteiger partial charge in [-0.25, -0.2) is 9.59 Å². The third-order valence-corrected chi connectivity index (χ3v) is 5.47. The van der Waals surface area contributed by atoms with E-state index < -0.39 is 6.09 Å². The molecule has 0 aliphatic carbocycles. The number of hydrogen-bond donors (Lipinski definition) is 3. The van der Waals surface area contributed by atoms with Gasteiger partial charge in [-0.3, -0.25) is 4.57 Å². The molecule has 3 rings (SSSR count). The van der Waals surface area contributed by atoms with Gasteiger partial charge in [0.2, 0.25) is 0 Å². The van der Waals surface area contributed by atoms with E-state index in [2.05, 4.69) is 15.7 Å². The lowest BCUT2D eigenvalue weighted by atomic mass is 10.1. The Morgan fingerprint density at radius 2 is 2.00 bits per heavy atom. The van der Waals surface area contributed by atoms with E-state index in [9.17, 15) is 9.59 Å². The van der Waals surface area contributed by atoms with Crippen molar-refractivity contribution >= 4 is 23.2 Å². The Labute approximate surface area is 179 Å². The van der Waals surface area contributed by atoms with E-state index in [0.29, 0.717) is 42.3 Å². The summed E-state index contributed by atoms with van der Waals surface area (Å²) < 4.78 is 3.08. The number of nitrogens with one attached hydrogen (secondary N) is 2. The summed E-state index contributed by atoms with van der Waals surface area (Å²) in [7, 11) is 0. The van der Waals surface area contributed by atoms with Gasteiger partial charge in [0.25, 0.3) is 0 Å². The van der Waals surface area contributed by atoms with Crippen LogP contribution >= 0.6 is 11.6 Å². The summed E-state index contributed by atoms with van der Waals surface area (Å²) in [5.41, 5.74) is 2.79. The first-order chi connectivity index (χ1) is 14.4. The Kier molecular flexibility index (Phi) is 7.12. The van der Waals surface area contributed by atoms with Crippen molar-refractivity contribution in [3.63, 3.8) is 0 Å². The molecule has 0 aliphatic rings. The zero-order valence-corrected chi connectivity index (χ0v) is 17.8. The molecule has 8 nitrogen and oxygen atoms in total. The van der Waals surface area contributed by atoms with Crippen LogP contribution in [0.1, 0.15) is 42.8 Å². The van der Waals surface area contributed by atoms with Crippen molar-refractivity contribution in [1.29, 1.82) is 0 Å². The van der Waals surface area contributed by atoms with Crippen molar-refractivity contribution < 1.29 is 9.90 Å². The van der Waals surface area contributed by atoms with E-state index in [1.165, 1.54) is 4.52 Å². The molecular weight excluding hydrogens is 406 g/mol. The molecule has 2 aromatic heterocycles. The van der Waals surface area contributed by atoms with E-state index in [4.69, 9.17) is 16.7 Å². The first-order valence-electron chi connectivity index (χ1n) is 9.95. The summed E-state index contributed by atoms with van der Waals surface area (Å²) >= 11 is 6.41. The highest BCUT2D eigenvalue weighted by atomic mass is 35.5. The van der Waals surface area contributed by atoms with Crippen LogP contribution in [0.25, 0.3) is 5.52 Å². The fraction of sp³-hybridized carbons (Fsp3) is 0.381. The lowest BCUT2D eigenvalue weighted by molar-refractivity contribution is 0.194. The number of nitrogens with zero attached hydrogens (tertiary/aromatic N) is 3. The molecule has 1 amide bonds. The number of halogens is 1. The molecule has 160 valence electrons. The van der Waals surface area contributed by atoms with Gasteiger partial charge in [-0.15, -0.1) is 0 Å². The Bertz CT molecular complexity index is 1080. The first-order valence-corrected chi connectivity index (χ1v) is 10.3. The predicted octanol–water partition coefficient (Wildman–Crippen LogP) is 3.20. The van der Waals surface area contributed by atoms with Gasteiger partial charge in [0.1, 0.15) is 0 Å². The minimum atomic E-state index is -1.03. The Balaban J connectivity index is 1.97. The number of fused-ring (bicyclic) bond motifs is 1. The normalized spacial score (nSPS) is 12.2. The molecule has 0 spiro atoms. The summed E-state index contributed by atoms with van der Waals surface area (Å²) in [5.74, 6) is 0. The molecule has 3 N–H and O–H groups in total. The molecule has 30 heavy (non-hydrogen) atoms. The highest BCUT2D eigenvalue weighted by Crippen LogP contribution is 2.24. The molecule has 0 saturated carbocycles. The van der Waals surface area contributed by atoms with E-state index in [-0.39, 0.29) is 11.7 Å². The highest BCUT2D eigenvalue weighted by molar-refractivity contribution is 6.34. The molecule has 0 aliphatic heterocycles. The van der Waals surface area contributed by atoms with Crippen LogP contribution in [0.2, 0.25) is 5.02 Å². The molecule has 0 radical (unpaired) electrons. The summed E-state index contributed by atoms with van der Waals surface area (Å²) in [4.78, 5) is 23.9. The molecular formula is C21H26ClN5O3. The van der Waals surface area contributed by atoms with Crippen LogP contribution in [0.15, 0.2) is 41.2 Å². The van der Waals surface area contributed by atoms with E-state index in [1.54, 1.807) is 11.5 Å². The van der Waals surface area contributed by atoms with Crippen LogP contribution in [-0.2, 0) is 6.54 Å². The lowest BCUT2D eigenvalue weighted by Gasteiger charge is -2.22. The molecule has 0 bridgehead atoms. The smallest absolute Gasteiger partial charge is 0.404 e. The average molecular weight is 432 g/mol. The summed E-state index contributed by atoms with van der Waals surface area (Å²) in [6.07, 6.45) is 0.358. The summed E-state index contributed by atoms with van der Waals surface area (Å²) in [6, 6.07) is 11.6. The van der Waals surface area contributed by atoms with Crippen molar-refractivity contribution in [3.8, 4) is 0 Å². The van der Waals surface area contributed by atoms with Crippen molar-refractivity contribution in [2.75, 3.05) is 13.1 Å².